The highest BCUT2D eigenvalue weighted by Gasteiger charge is 2.55. The second kappa shape index (κ2) is 28.3. The monoisotopic (exact) mass is 1130 g/mol. The average Bonchev–Trinajstić information content (AvgIpc) is 3.75. The number of esters is 1. The largest absolute Gasteiger partial charge is 0.497 e. The summed E-state index contributed by atoms with van der Waals surface area (Å²) < 4.78 is 75.0. The number of hydrogen-bond donors (Lipinski definition) is 0. The second-order valence-corrected chi connectivity index (χ2v) is 30.9. The van der Waals surface area contributed by atoms with Crippen molar-refractivity contribution in [2.75, 3.05) is 41.5 Å². The molecule has 1 aliphatic carbocycles. The van der Waals surface area contributed by atoms with Crippen molar-refractivity contribution in [2.24, 2.45) is 0 Å². The molecule has 17 nitrogen and oxygen atoms in total. The number of carbonyl (C=O) groups excluding carboxylic acids is 4. The molecule has 0 N–H and O–H groups in total. The molecule has 2 aliphatic heterocycles. The van der Waals surface area contributed by atoms with Crippen LogP contribution >= 0.6 is 11.6 Å². The number of fused-ring (bicyclic) bond motifs is 10. The van der Waals surface area contributed by atoms with E-state index < -0.39 is 94.6 Å². The number of methoxy groups -OCH3 is 3. The lowest BCUT2D eigenvalue weighted by atomic mass is 9.88. The Balaban J connectivity index is 2.25. The highest BCUT2D eigenvalue weighted by Crippen LogP contribution is 2.48. The summed E-state index contributed by atoms with van der Waals surface area (Å²) in [7, 11) is -1.16. The van der Waals surface area contributed by atoms with Crippen LogP contribution in [0, 0.1) is 24.2 Å². The van der Waals surface area contributed by atoms with Gasteiger partial charge in [0.05, 0.1) is 37.3 Å². The van der Waals surface area contributed by atoms with E-state index in [0.717, 1.165) is 0 Å². The molecule has 2 aromatic rings. The van der Waals surface area contributed by atoms with Crippen LogP contribution in [-0.2, 0) is 58.2 Å². The highest BCUT2D eigenvalue weighted by atomic mass is 35.5. The fourth-order valence-electron chi connectivity index (χ4n) is 9.16. The average molecular weight is 1130 g/mol. The number of ether oxygens (including phenoxy) is 10. The van der Waals surface area contributed by atoms with Gasteiger partial charge in [-0.05, 0) is 119 Å². The molecule has 0 spiro atoms. The molecule has 2 heterocycles. The zero-order valence-corrected chi connectivity index (χ0v) is 50.6. The summed E-state index contributed by atoms with van der Waals surface area (Å²) >= 11 is 7.31. The maximum Gasteiger partial charge on any atom is 0.420 e. The van der Waals surface area contributed by atoms with E-state index in [1.807, 2.05) is 20.8 Å². The van der Waals surface area contributed by atoms with Gasteiger partial charge in [-0.15, -0.1) is 6.42 Å². The number of terminal acetylenes is 1. The SMILES string of the molecule is C#C[C@H]1Oc2c(Cl)cc(cc2OCOC)[C@@H](N(C(=O)OC(C)(C)C)C(=O)OC(C)(C)C)CC(=O)OC[C@H](OCc2ccc(OC)cc2)[C@](C=O)(O[Si](CC)(CC)CC)C#CC2=C[C@@H](OCOC)C[C@@]21O[Si](CC)(CC)CC. The Morgan fingerprint density at radius 3 is 1.94 bits per heavy atom. The van der Waals surface area contributed by atoms with Crippen molar-refractivity contribution in [3.63, 3.8) is 0 Å². The molecule has 0 unspecified atom stereocenters. The van der Waals surface area contributed by atoms with Gasteiger partial charge in [0.15, 0.2) is 47.3 Å². The summed E-state index contributed by atoms with van der Waals surface area (Å²) in [5, 5.41) is -0.104. The summed E-state index contributed by atoms with van der Waals surface area (Å²) in [6, 6.07) is 12.3. The maximum atomic E-state index is 14.8. The Morgan fingerprint density at radius 2 is 1.43 bits per heavy atom. The Hall–Kier alpha value is -4.94. The van der Waals surface area contributed by atoms with Gasteiger partial charge in [0.2, 0.25) is 5.60 Å². The summed E-state index contributed by atoms with van der Waals surface area (Å²) in [6.45, 7) is 20.9. The first-order chi connectivity index (χ1) is 36.4. The fraction of sp³-hybridized carbons (Fsp3) is 0.614. The molecule has 2 bridgehead atoms. The minimum Gasteiger partial charge on any atom is -0.497 e. The minimum absolute atomic E-state index is 0.0482. The molecule has 2 aromatic carbocycles. The Kier molecular flexibility index (Phi) is 23.7. The van der Waals surface area contributed by atoms with Crippen molar-refractivity contribution >= 4 is 52.7 Å². The number of hydrogen-bond acceptors (Lipinski definition) is 16. The summed E-state index contributed by atoms with van der Waals surface area (Å²) in [6.07, 6.45) is 2.65. The predicted octanol–water partition coefficient (Wildman–Crippen LogP) is 11.5. The number of nitrogens with zero attached hydrogens (tertiary/aromatic N) is 1. The van der Waals surface area contributed by atoms with Crippen LogP contribution < -0.4 is 14.2 Å². The van der Waals surface area contributed by atoms with E-state index in [-0.39, 0.29) is 48.7 Å². The van der Waals surface area contributed by atoms with Gasteiger partial charge in [-0.25, -0.2) is 14.5 Å². The van der Waals surface area contributed by atoms with Crippen LogP contribution in [0.3, 0.4) is 0 Å². The molecule has 2 amide bonds. The standard InChI is InChI=1S/C57H82ClNO16Si2/c1-17-48-57(75-77(21-5,22-6)23-7)34-44(69-38-64-14)32-42(57)28-29-56(37-60,74-76(18-2,19-3)20-4)49(67-35-40-24-26-43(66-16)27-25-40)36-68-50(61)33-46(41-30-45(58)51(71-48)47(31-41)70-39-65-15)59(52(62)72-54(8,9)10)53(63)73-55(11,12)13/h1,24-27,30-32,37,44,46,48-49H,18-23,33-36,38-39H2,2-16H3/t44-,46+,48-,49+,56+,57-/m1/s1. The maximum absolute atomic E-state index is 14.8. The predicted molar refractivity (Wildman–Crippen MR) is 297 cm³/mol. The second-order valence-electron chi connectivity index (χ2n) is 21.1. The number of aldehydes is 1. The third-order valence-corrected chi connectivity index (χ3v) is 23.4. The van der Waals surface area contributed by atoms with Crippen molar-refractivity contribution in [2.45, 2.75) is 186 Å². The smallest absolute Gasteiger partial charge is 0.420 e. The molecule has 20 heteroatoms. The van der Waals surface area contributed by atoms with Gasteiger partial charge in [0, 0.05) is 26.2 Å². The molecular weight excluding hydrogens is 1050 g/mol. The normalized spacial score (nSPS) is 22.2. The van der Waals surface area contributed by atoms with Gasteiger partial charge in [-0.3, -0.25) is 9.59 Å². The van der Waals surface area contributed by atoms with Crippen molar-refractivity contribution in [1.29, 1.82) is 0 Å². The van der Waals surface area contributed by atoms with E-state index in [0.29, 0.717) is 64.3 Å². The number of imide groups is 1. The first kappa shape index (κ1) is 64.6. The lowest BCUT2D eigenvalue weighted by Gasteiger charge is -2.44. The minimum atomic E-state index is -2.88. The third-order valence-electron chi connectivity index (χ3n) is 13.8. The molecule has 0 radical (unpaired) electrons. The first-order valence-corrected chi connectivity index (χ1v) is 31.8. The molecule has 0 fully saturated rings. The molecule has 0 saturated heterocycles. The van der Waals surface area contributed by atoms with E-state index in [1.54, 1.807) is 79.0 Å². The quantitative estimate of drug-likeness (QED) is 0.0271. The van der Waals surface area contributed by atoms with Gasteiger partial charge in [0.1, 0.15) is 42.1 Å². The van der Waals surface area contributed by atoms with E-state index in [9.17, 15) is 19.2 Å². The van der Waals surface area contributed by atoms with Crippen molar-refractivity contribution in [3.8, 4) is 41.4 Å². The van der Waals surface area contributed by atoms with Gasteiger partial charge in [-0.1, -0.05) is 83.0 Å². The zero-order valence-electron chi connectivity index (χ0n) is 47.8. The lowest BCUT2D eigenvalue weighted by Crippen LogP contribution is -2.57. The number of rotatable bonds is 22. The Labute approximate surface area is 463 Å². The van der Waals surface area contributed by atoms with Crippen molar-refractivity contribution in [1.82, 2.24) is 4.90 Å². The molecule has 0 saturated carbocycles. The molecular formula is C57H82ClNO16Si2. The van der Waals surface area contributed by atoms with Gasteiger partial charge in [0.25, 0.3) is 0 Å². The van der Waals surface area contributed by atoms with Gasteiger partial charge >= 0.3 is 18.2 Å². The number of halogens is 1. The van der Waals surface area contributed by atoms with E-state index >= 15 is 0 Å². The van der Waals surface area contributed by atoms with E-state index in [4.69, 9.17) is 74.2 Å². The first-order valence-electron chi connectivity index (χ1n) is 26.3. The highest BCUT2D eigenvalue weighted by molar-refractivity contribution is 6.74. The van der Waals surface area contributed by atoms with Crippen LogP contribution in [0.4, 0.5) is 9.59 Å². The van der Waals surface area contributed by atoms with Crippen molar-refractivity contribution in [3.05, 3.63) is 64.2 Å². The topological polar surface area (TPSA) is 182 Å². The summed E-state index contributed by atoms with van der Waals surface area (Å²) in [5.74, 6) is 9.05. The molecule has 77 heavy (non-hydrogen) atoms. The Morgan fingerprint density at radius 1 is 0.857 bits per heavy atom. The van der Waals surface area contributed by atoms with Crippen LogP contribution in [0.2, 0.25) is 41.3 Å². The number of carbonyl (C=O) groups is 4. The van der Waals surface area contributed by atoms with Crippen LogP contribution in [0.1, 0.15) is 113 Å². The fourth-order valence-corrected chi connectivity index (χ4v) is 15.3. The zero-order chi connectivity index (χ0) is 57.4. The number of amides is 2. The van der Waals surface area contributed by atoms with Crippen LogP contribution in [-0.4, -0.2) is 128 Å². The molecule has 3 aliphatic rings. The van der Waals surface area contributed by atoms with Crippen molar-refractivity contribution < 1.29 is 75.4 Å². The summed E-state index contributed by atoms with van der Waals surface area (Å²) in [4.78, 5) is 58.9. The molecule has 426 valence electrons. The summed E-state index contributed by atoms with van der Waals surface area (Å²) in [5.41, 5.74) is -4.87. The molecule has 0 aromatic heterocycles. The Bertz CT molecular complexity index is 2400. The van der Waals surface area contributed by atoms with E-state index in [1.165, 1.54) is 26.4 Å². The molecule has 6 atom stereocenters. The molecule has 5 rings (SSSR count). The van der Waals surface area contributed by atoms with Crippen LogP contribution in [0.25, 0.3) is 0 Å². The third kappa shape index (κ3) is 16.6. The van der Waals surface area contributed by atoms with Gasteiger partial charge in [-0.2, -0.15) is 0 Å². The van der Waals surface area contributed by atoms with Gasteiger partial charge < -0.3 is 56.2 Å². The van der Waals surface area contributed by atoms with Crippen LogP contribution in [0.5, 0.6) is 17.2 Å². The number of benzene rings is 2. The van der Waals surface area contributed by atoms with E-state index in [2.05, 4.69) is 38.5 Å². The lowest BCUT2D eigenvalue weighted by molar-refractivity contribution is -0.159. The van der Waals surface area contributed by atoms with Crippen LogP contribution in [0.15, 0.2) is 48.0 Å².